The topological polar surface area (TPSA) is 149 Å². The van der Waals surface area contributed by atoms with Crippen LogP contribution in [0.15, 0.2) is 24.3 Å². The average Bonchev–Trinajstić information content (AvgIpc) is 3.22. The molecule has 3 unspecified atom stereocenters. The predicted octanol–water partition coefficient (Wildman–Crippen LogP) is -1.18. The highest BCUT2D eigenvalue weighted by Gasteiger charge is 2.59. The van der Waals surface area contributed by atoms with Gasteiger partial charge in [0.25, 0.3) is 11.8 Å². The molecular weight excluding hydrogens is 432 g/mol. The summed E-state index contributed by atoms with van der Waals surface area (Å²) >= 11 is 0. The Morgan fingerprint density at radius 1 is 1.03 bits per heavy atom. The Bertz CT molecular complexity index is 894. The fourth-order valence-electron chi connectivity index (χ4n) is 4.05. The SMILES string of the molecule is CC(C)(CNC(=O)CCN1C(=O)C=CC1O)C1OC1(C)CNC(=O)CCN1C(=O)C=CC1=O. The molecule has 0 aromatic carbocycles. The molecule has 1 saturated heterocycles. The third-order valence-electron chi connectivity index (χ3n) is 6.03. The first kappa shape index (κ1) is 24.6. The summed E-state index contributed by atoms with van der Waals surface area (Å²) in [6, 6.07) is 0. The van der Waals surface area contributed by atoms with E-state index in [4.69, 9.17) is 4.74 Å². The molecule has 5 amide bonds. The summed E-state index contributed by atoms with van der Waals surface area (Å²) in [4.78, 5) is 61.2. The van der Waals surface area contributed by atoms with E-state index in [1.54, 1.807) is 0 Å². The zero-order valence-corrected chi connectivity index (χ0v) is 19.0. The van der Waals surface area contributed by atoms with E-state index in [2.05, 4.69) is 10.6 Å². The molecule has 11 heteroatoms. The van der Waals surface area contributed by atoms with Crippen molar-refractivity contribution in [3.05, 3.63) is 24.3 Å². The van der Waals surface area contributed by atoms with Crippen LogP contribution < -0.4 is 10.6 Å². The Hall–Kier alpha value is -3.05. The lowest BCUT2D eigenvalue weighted by Crippen LogP contribution is -2.43. The van der Waals surface area contributed by atoms with Crippen LogP contribution in [0.2, 0.25) is 0 Å². The summed E-state index contributed by atoms with van der Waals surface area (Å²) in [6.07, 6.45) is 3.87. The molecule has 0 aromatic heterocycles. The second-order valence-electron chi connectivity index (χ2n) is 9.32. The Morgan fingerprint density at radius 3 is 2.24 bits per heavy atom. The third kappa shape index (κ3) is 5.85. The predicted molar refractivity (Wildman–Crippen MR) is 115 cm³/mol. The number of imide groups is 1. The normalized spacial score (nSPS) is 26.4. The highest BCUT2D eigenvalue weighted by molar-refractivity contribution is 6.13. The smallest absolute Gasteiger partial charge is 0.253 e. The molecule has 0 spiro atoms. The van der Waals surface area contributed by atoms with Gasteiger partial charge in [-0.25, -0.2) is 0 Å². The lowest BCUT2D eigenvalue weighted by molar-refractivity contribution is -0.137. The van der Waals surface area contributed by atoms with Crippen LogP contribution in [0.5, 0.6) is 0 Å². The monoisotopic (exact) mass is 462 g/mol. The van der Waals surface area contributed by atoms with Gasteiger partial charge in [-0.15, -0.1) is 0 Å². The van der Waals surface area contributed by atoms with Crippen LogP contribution in [0.1, 0.15) is 33.6 Å². The summed E-state index contributed by atoms with van der Waals surface area (Å²) in [5.41, 5.74) is -1.01. The minimum atomic E-state index is -0.995. The molecule has 33 heavy (non-hydrogen) atoms. The summed E-state index contributed by atoms with van der Waals surface area (Å²) in [5, 5.41) is 15.3. The van der Waals surface area contributed by atoms with E-state index < -0.39 is 29.1 Å². The number of hydrogen-bond donors (Lipinski definition) is 3. The van der Waals surface area contributed by atoms with Crippen LogP contribution in [0.25, 0.3) is 0 Å². The summed E-state index contributed by atoms with van der Waals surface area (Å²) in [6.45, 7) is 6.49. The van der Waals surface area contributed by atoms with Gasteiger partial charge in [0, 0.05) is 62.7 Å². The first-order chi connectivity index (χ1) is 15.4. The standard InChI is InChI=1S/C22H30N4O7/c1-21(2,12-23-14(27)8-10-25-16(29)4-5-17(25)30)20-22(3,33-20)13-24-15(28)9-11-26-18(31)6-7-19(26)32/h4-7,16,20,29H,8-13H2,1-3H3,(H,23,27)(H,24,28). The van der Waals surface area contributed by atoms with Crippen molar-refractivity contribution in [2.75, 3.05) is 26.2 Å². The van der Waals surface area contributed by atoms with Gasteiger partial charge in [-0.2, -0.15) is 0 Å². The fourth-order valence-corrected chi connectivity index (χ4v) is 4.05. The zero-order chi connectivity index (χ0) is 24.4. The molecule has 0 bridgehead atoms. The van der Waals surface area contributed by atoms with Crippen LogP contribution in [-0.4, -0.2) is 88.6 Å². The van der Waals surface area contributed by atoms with Crippen LogP contribution in [-0.2, 0) is 28.7 Å². The molecule has 3 heterocycles. The van der Waals surface area contributed by atoms with Crippen LogP contribution in [0, 0.1) is 5.41 Å². The van der Waals surface area contributed by atoms with Crippen molar-refractivity contribution in [1.82, 2.24) is 20.4 Å². The van der Waals surface area contributed by atoms with Gasteiger partial charge in [-0.05, 0) is 13.0 Å². The minimum absolute atomic E-state index is 0.00307. The second-order valence-corrected chi connectivity index (χ2v) is 9.32. The van der Waals surface area contributed by atoms with Gasteiger partial charge in [0.1, 0.15) is 11.8 Å². The number of nitrogens with one attached hydrogen (secondary N) is 2. The number of amides is 5. The van der Waals surface area contributed by atoms with Crippen molar-refractivity contribution in [2.45, 2.75) is 51.5 Å². The number of ether oxygens (including phenoxy) is 1. The first-order valence-electron chi connectivity index (χ1n) is 10.8. The van der Waals surface area contributed by atoms with Gasteiger partial charge in [-0.3, -0.25) is 28.9 Å². The van der Waals surface area contributed by atoms with Gasteiger partial charge >= 0.3 is 0 Å². The van der Waals surface area contributed by atoms with Gasteiger partial charge in [-0.1, -0.05) is 13.8 Å². The van der Waals surface area contributed by atoms with E-state index in [-0.39, 0.29) is 56.3 Å². The maximum absolute atomic E-state index is 12.2. The van der Waals surface area contributed by atoms with Crippen molar-refractivity contribution in [3.8, 4) is 0 Å². The van der Waals surface area contributed by atoms with E-state index in [1.807, 2.05) is 20.8 Å². The zero-order valence-electron chi connectivity index (χ0n) is 19.0. The Labute approximate surface area is 191 Å². The second kappa shape index (κ2) is 9.44. The van der Waals surface area contributed by atoms with Gasteiger partial charge in [0.2, 0.25) is 17.7 Å². The van der Waals surface area contributed by atoms with Crippen LogP contribution in [0.3, 0.4) is 0 Å². The number of carbonyl (C=O) groups excluding carboxylic acids is 5. The van der Waals surface area contributed by atoms with Gasteiger partial charge in [0.15, 0.2) is 0 Å². The number of aliphatic hydroxyl groups is 1. The molecule has 0 saturated carbocycles. The van der Waals surface area contributed by atoms with E-state index in [0.717, 1.165) is 4.90 Å². The van der Waals surface area contributed by atoms with Crippen molar-refractivity contribution in [3.63, 3.8) is 0 Å². The lowest BCUT2D eigenvalue weighted by Gasteiger charge is -2.25. The van der Waals surface area contributed by atoms with E-state index in [1.165, 1.54) is 29.2 Å². The molecule has 3 aliphatic rings. The molecule has 1 fully saturated rings. The molecule has 3 N–H and O–H groups in total. The highest BCUT2D eigenvalue weighted by atomic mass is 16.6. The number of carbonyl (C=O) groups is 5. The molecule has 0 aromatic rings. The molecule has 0 radical (unpaired) electrons. The fraction of sp³-hybridized carbons (Fsp3) is 0.591. The van der Waals surface area contributed by atoms with E-state index in [9.17, 15) is 29.1 Å². The number of hydrogen-bond acceptors (Lipinski definition) is 7. The molecule has 3 rings (SSSR count). The maximum Gasteiger partial charge on any atom is 0.253 e. The average molecular weight is 463 g/mol. The molecule has 11 nitrogen and oxygen atoms in total. The van der Waals surface area contributed by atoms with Crippen molar-refractivity contribution < 1.29 is 33.8 Å². The maximum atomic E-state index is 12.2. The minimum Gasteiger partial charge on any atom is -0.370 e. The van der Waals surface area contributed by atoms with Crippen LogP contribution >= 0.6 is 0 Å². The molecule has 3 atom stereocenters. The lowest BCUT2D eigenvalue weighted by atomic mass is 9.83. The van der Waals surface area contributed by atoms with E-state index >= 15 is 0 Å². The van der Waals surface area contributed by atoms with Crippen LogP contribution in [0.4, 0.5) is 0 Å². The summed E-state index contributed by atoms with van der Waals surface area (Å²) in [5.74, 6) is -1.71. The molecule has 3 aliphatic heterocycles. The molecular formula is C22H30N4O7. The first-order valence-corrected chi connectivity index (χ1v) is 10.8. The van der Waals surface area contributed by atoms with Crippen molar-refractivity contribution in [1.29, 1.82) is 0 Å². The Kier molecular flexibility index (Phi) is 7.03. The van der Waals surface area contributed by atoms with Gasteiger partial charge < -0.3 is 25.4 Å². The number of aliphatic hydroxyl groups excluding tert-OH is 1. The van der Waals surface area contributed by atoms with E-state index in [0.29, 0.717) is 6.54 Å². The van der Waals surface area contributed by atoms with Gasteiger partial charge in [0.05, 0.1) is 6.10 Å². The highest BCUT2D eigenvalue weighted by Crippen LogP contribution is 2.46. The number of nitrogens with zero attached hydrogens (tertiary/aromatic N) is 2. The van der Waals surface area contributed by atoms with Crippen molar-refractivity contribution in [2.24, 2.45) is 5.41 Å². The third-order valence-corrected chi connectivity index (χ3v) is 6.03. The number of epoxide rings is 1. The number of rotatable bonds is 11. The summed E-state index contributed by atoms with van der Waals surface area (Å²) in [7, 11) is 0. The summed E-state index contributed by atoms with van der Waals surface area (Å²) < 4.78 is 5.84. The van der Waals surface area contributed by atoms with Crippen molar-refractivity contribution >= 4 is 29.5 Å². The largest absolute Gasteiger partial charge is 0.370 e. The molecule has 0 aliphatic carbocycles. The molecule has 180 valence electrons. The Balaban J connectivity index is 1.36. The Morgan fingerprint density at radius 2 is 1.64 bits per heavy atom. The quantitative estimate of drug-likeness (QED) is 0.259.